The second-order valence-corrected chi connectivity index (χ2v) is 6.90. The number of hydrogen-bond acceptors (Lipinski definition) is 4. The van der Waals surface area contributed by atoms with Crippen molar-refractivity contribution in [1.29, 1.82) is 0 Å². The van der Waals surface area contributed by atoms with Crippen molar-refractivity contribution >= 4 is 17.6 Å². The van der Waals surface area contributed by atoms with E-state index in [-0.39, 0.29) is 12.8 Å². The number of carbonyl (C=O) groups excluding carboxylic acids is 1. The largest absolute Gasteiger partial charge is 0.481 e. The standard InChI is InChI=1S/C22H25NO4/c24-21(25)15-18(17-9-3-1-4-10-17)16-22(26)27-20-12-6-5-11-19(20)23-13-7-2-8-14-23/h1,3-6,9-12,18H,2,7-8,13-16H2,(H,24,25)/t18-/m1/s1. The Balaban J connectivity index is 1.71. The first-order valence-corrected chi connectivity index (χ1v) is 9.45. The molecule has 0 bridgehead atoms. The number of anilines is 1. The van der Waals surface area contributed by atoms with E-state index in [0.717, 1.165) is 37.2 Å². The molecule has 0 amide bonds. The van der Waals surface area contributed by atoms with Crippen molar-refractivity contribution in [2.75, 3.05) is 18.0 Å². The lowest BCUT2D eigenvalue weighted by Crippen LogP contribution is -2.30. The number of carbonyl (C=O) groups is 2. The molecule has 0 unspecified atom stereocenters. The molecule has 1 aliphatic heterocycles. The Morgan fingerprint density at radius 3 is 2.30 bits per heavy atom. The zero-order valence-corrected chi connectivity index (χ0v) is 15.3. The van der Waals surface area contributed by atoms with E-state index in [4.69, 9.17) is 4.74 Å². The van der Waals surface area contributed by atoms with Crippen molar-refractivity contribution in [2.45, 2.75) is 38.0 Å². The molecule has 0 aliphatic carbocycles. The maximum Gasteiger partial charge on any atom is 0.311 e. The van der Waals surface area contributed by atoms with Gasteiger partial charge in [-0.2, -0.15) is 0 Å². The van der Waals surface area contributed by atoms with Gasteiger partial charge >= 0.3 is 11.9 Å². The van der Waals surface area contributed by atoms with Crippen LogP contribution in [-0.2, 0) is 9.59 Å². The third-order valence-corrected chi connectivity index (χ3v) is 4.89. The van der Waals surface area contributed by atoms with Crippen LogP contribution in [0.2, 0.25) is 0 Å². The van der Waals surface area contributed by atoms with Crippen LogP contribution in [0.3, 0.4) is 0 Å². The van der Waals surface area contributed by atoms with Gasteiger partial charge in [-0.1, -0.05) is 42.5 Å². The van der Waals surface area contributed by atoms with Gasteiger partial charge in [-0.3, -0.25) is 9.59 Å². The topological polar surface area (TPSA) is 66.8 Å². The maximum absolute atomic E-state index is 12.6. The summed E-state index contributed by atoms with van der Waals surface area (Å²) in [5, 5.41) is 9.20. The zero-order chi connectivity index (χ0) is 19.1. The minimum Gasteiger partial charge on any atom is -0.481 e. The molecule has 2 aromatic rings. The third kappa shape index (κ3) is 5.33. The van der Waals surface area contributed by atoms with Gasteiger partial charge in [0, 0.05) is 19.0 Å². The fraction of sp³-hybridized carbons (Fsp3) is 0.364. The summed E-state index contributed by atoms with van der Waals surface area (Å²) in [6.07, 6.45) is 3.43. The Labute approximate surface area is 159 Å². The van der Waals surface area contributed by atoms with Crippen LogP contribution in [0, 0.1) is 0 Å². The van der Waals surface area contributed by atoms with Gasteiger partial charge in [-0.25, -0.2) is 0 Å². The third-order valence-electron chi connectivity index (χ3n) is 4.89. The van der Waals surface area contributed by atoms with Crippen molar-refractivity contribution in [3.05, 3.63) is 60.2 Å². The highest BCUT2D eigenvalue weighted by Gasteiger charge is 2.22. The van der Waals surface area contributed by atoms with E-state index in [2.05, 4.69) is 4.90 Å². The van der Waals surface area contributed by atoms with Gasteiger partial charge < -0.3 is 14.7 Å². The van der Waals surface area contributed by atoms with Gasteiger partial charge in [0.2, 0.25) is 0 Å². The number of ether oxygens (including phenoxy) is 1. The van der Waals surface area contributed by atoms with Crippen molar-refractivity contribution in [3.63, 3.8) is 0 Å². The lowest BCUT2D eigenvalue weighted by Gasteiger charge is -2.30. The second-order valence-electron chi connectivity index (χ2n) is 6.90. The van der Waals surface area contributed by atoms with Crippen LogP contribution < -0.4 is 9.64 Å². The smallest absolute Gasteiger partial charge is 0.311 e. The first-order valence-electron chi connectivity index (χ1n) is 9.45. The molecule has 27 heavy (non-hydrogen) atoms. The quantitative estimate of drug-likeness (QED) is 0.586. The molecular weight excluding hydrogens is 342 g/mol. The summed E-state index contributed by atoms with van der Waals surface area (Å²) >= 11 is 0. The summed E-state index contributed by atoms with van der Waals surface area (Å²) < 4.78 is 5.66. The van der Waals surface area contributed by atoms with Crippen LogP contribution in [0.4, 0.5) is 5.69 Å². The average Bonchev–Trinajstić information content (AvgIpc) is 2.69. The van der Waals surface area contributed by atoms with E-state index >= 15 is 0 Å². The van der Waals surface area contributed by atoms with Gasteiger partial charge in [0.05, 0.1) is 18.5 Å². The molecule has 0 saturated carbocycles. The van der Waals surface area contributed by atoms with Gasteiger partial charge in [0.1, 0.15) is 0 Å². The number of hydrogen-bond donors (Lipinski definition) is 1. The van der Waals surface area contributed by atoms with Crippen molar-refractivity contribution in [1.82, 2.24) is 0 Å². The number of rotatable bonds is 7. The second kappa shape index (κ2) is 9.21. The molecule has 0 spiro atoms. The van der Waals surface area contributed by atoms with E-state index in [1.54, 1.807) is 6.07 Å². The minimum atomic E-state index is -0.926. The molecule has 0 aromatic heterocycles. The number of carboxylic acids is 1. The number of aliphatic carboxylic acids is 1. The van der Waals surface area contributed by atoms with E-state index in [1.807, 2.05) is 48.5 Å². The van der Waals surface area contributed by atoms with Gasteiger partial charge in [0.15, 0.2) is 5.75 Å². The summed E-state index contributed by atoms with van der Waals surface area (Å²) in [5.74, 6) is -1.19. The van der Waals surface area contributed by atoms with Crippen LogP contribution in [0.15, 0.2) is 54.6 Å². The fourth-order valence-electron chi connectivity index (χ4n) is 3.55. The lowest BCUT2D eigenvalue weighted by atomic mass is 9.92. The molecular formula is C22H25NO4. The number of para-hydroxylation sites is 2. The summed E-state index contributed by atoms with van der Waals surface area (Å²) in [7, 11) is 0. The monoisotopic (exact) mass is 367 g/mol. The highest BCUT2D eigenvalue weighted by atomic mass is 16.5. The first kappa shape index (κ1) is 19.0. The highest BCUT2D eigenvalue weighted by molar-refractivity contribution is 5.77. The van der Waals surface area contributed by atoms with Crippen molar-refractivity contribution < 1.29 is 19.4 Å². The lowest BCUT2D eigenvalue weighted by molar-refractivity contribution is -0.138. The normalized spacial score (nSPS) is 15.2. The number of esters is 1. The van der Waals surface area contributed by atoms with E-state index in [1.165, 1.54) is 6.42 Å². The Hall–Kier alpha value is -2.82. The molecule has 1 saturated heterocycles. The molecule has 5 heteroatoms. The SMILES string of the molecule is O=C(O)C[C@H](CC(=O)Oc1ccccc1N1CCCCC1)c1ccccc1. The maximum atomic E-state index is 12.6. The zero-order valence-electron chi connectivity index (χ0n) is 15.3. The molecule has 1 fully saturated rings. The van der Waals surface area contributed by atoms with Gasteiger partial charge in [-0.15, -0.1) is 0 Å². The molecule has 142 valence electrons. The van der Waals surface area contributed by atoms with Crippen LogP contribution in [0.1, 0.15) is 43.6 Å². The summed E-state index contributed by atoms with van der Waals surface area (Å²) in [6.45, 7) is 1.92. The van der Waals surface area contributed by atoms with Crippen LogP contribution >= 0.6 is 0 Å². The van der Waals surface area contributed by atoms with Crippen molar-refractivity contribution in [3.8, 4) is 5.75 Å². The van der Waals surface area contributed by atoms with E-state index in [9.17, 15) is 14.7 Å². The first-order chi connectivity index (χ1) is 13.1. The van der Waals surface area contributed by atoms with Gasteiger partial charge in [-0.05, 0) is 37.0 Å². The summed E-state index contributed by atoms with van der Waals surface area (Å²) in [4.78, 5) is 26.1. The van der Waals surface area contributed by atoms with Crippen LogP contribution in [0.25, 0.3) is 0 Å². The number of carboxylic acid groups (broad SMARTS) is 1. The molecule has 1 atom stereocenters. The summed E-state index contributed by atoms with van der Waals surface area (Å²) in [5.41, 5.74) is 1.77. The van der Waals surface area contributed by atoms with Crippen molar-refractivity contribution in [2.24, 2.45) is 0 Å². The van der Waals surface area contributed by atoms with E-state index < -0.39 is 17.9 Å². The number of piperidine rings is 1. The molecule has 3 rings (SSSR count). The Kier molecular flexibility index (Phi) is 6.47. The Bertz CT molecular complexity index is 769. The van der Waals surface area contributed by atoms with Crippen LogP contribution in [0.5, 0.6) is 5.75 Å². The molecule has 2 aromatic carbocycles. The Morgan fingerprint density at radius 2 is 1.59 bits per heavy atom. The molecule has 1 heterocycles. The molecule has 5 nitrogen and oxygen atoms in total. The van der Waals surface area contributed by atoms with Gasteiger partial charge in [0.25, 0.3) is 0 Å². The molecule has 1 aliphatic rings. The van der Waals surface area contributed by atoms with E-state index in [0.29, 0.717) is 5.75 Å². The van der Waals surface area contributed by atoms with Crippen LogP contribution in [-0.4, -0.2) is 30.1 Å². The number of nitrogens with zero attached hydrogens (tertiary/aromatic N) is 1. The predicted molar refractivity (Wildman–Crippen MR) is 104 cm³/mol. The Morgan fingerprint density at radius 1 is 0.926 bits per heavy atom. The fourth-order valence-corrected chi connectivity index (χ4v) is 3.55. The highest BCUT2D eigenvalue weighted by Crippen LogP contribution is 2.31. The predicted octanol–water partition coefficient (Wildman–Crippen LogP) is 4.23. The number of benzene rings is 2. The summed E-state index contributed by atoms with van der Waals surface area (Å²) in [6, 6.07) is 16.8. The molecule has 1 N–H and O–H groups in total. The average molecular weight is 367 g/mol. The molecule has 0 radical (unpaired) electrons. The minimum absolute atomic E-state index is 0.0324.